The van der Waals surface area contributed by atoms with Crippen molar-refractivity contribution < 1.29 is 5.11 Å². The first-order valence-corrected chi connectivity index (χ1v) is 6.17. The predicted octanol–water partition coefficient (Wildman–Crippen LogP) is 1.17. The second-order valence-electron chi connectivity index (χ2n) is 4.72. The SMILES string of the molecule is Nc1ccc2c(N3CCCC(O)C3)ncnc2c1. The molecule has 2 aromatic rings. The number of aromatic nitrogens is 2. The molecule has 1 fully saturated rings. The van der Waals surface area contributed by atoms with Crippen LogP contribution >= 0.6 is 0 Å². The fraction of sp³-hybridized carbons (Fsp3) is 0.385. The molecule has 1 aliphatic rings. The first-order valence-electron chi connectivity index (χ1n) is 6.17. The van der Waals surface area contributed by atoms with Gasteiger partial charge in [-0.3, -0.25) is 0 Å². The van der Waals surface area contributed by atoms with Crippen LogP contribution in [0.1, 0.15) is 12.8 Å². The number of benzene rings is 1. The third-order valence-electron chi connectivity index (χ3n) is 3.34. The van der Waals surface area contributed by atoms with Crippen molar-refractivity contribution in [2.75, 3.05) is 23.7 Å². The van der Waals surface area contributed by atoms with Crippen LogP contribution in [0.4, 0.5) is 11.5 Å². The lowest BCUT2D eigenvalue weighted by molar-refractivity contribution is 0.154. The van der Waals surface area contributed by atoms with Crippen molar-refractivity contribution in [1.29, 1.82) is 0 Å². The Labute approximate surface area is 105 Å². The van der Waals surface area contributed by atoms with Crippen molar-refractivity contribution in [3.05, 3.63) is 24.5 Å². The Hall–Kier alpha value is -1.88. The third-order valence-corrected chi connectivity index (χ3v) is 3.34. The number of aliphatic hydroxyl groups excluding tert-OH is 1. The summed E-state index contributed by atoms with van der Waals surface area (Å²) in [5.41, 5.74) is 7.31. The maximum absolute atomic E-state index is 9.75. The van der Waals surface area contributed by atoms with Crippen LogP contribution in [-0.4, -0.2) is 34.3 Å². The van der Waals surface area contributed by atoms with Gasteiger partial charge in [0.15, 0.2) is 0 Å². The Kier molecular flexibility index (Phi) is 2.76. The number of hydrogen-bond donors (Lipinski definition) is 2. The van der Waals surface area contributed by atoms with Crippen LogP contribution in [-0.2, 0) is 0 Å². The zero-order chi connectivity index (χ0) is 12.5. The van der Waals surface area contributed by atoms with E-state index in [1.807, 2.05) is 18.2 Å². The molecule has 1 unspecified atom stereocenters. The van der Waals surface area contributed by atoms with E-state index >= 15 is 0 Å². The van der Waals surface area contributed by atoms with Gasteiger partial charge in [0.25, 0.3) is 0 Å². The normalized spacial score (nSPS) is 20.3. The van der Waals surface area contributed by atoms with Gasteiger partial charge < -0.3 is 15.7 Å². The van der Waals surface area contributed by atoms with Gasteiger partial charge in [-0.25, -0.2) is 9.97 Å². The molecule has 0 radical (unpaired) electrons. The predicted molar refractivity (Wildman–Crippen MR) is 71.4 cm³/mol. The van der Waals surface area contributed by atoms with Gasteiger partial charge >= 0.3 is 0 Å². The number of anilines is 2. The molecule has 0 bridgehead atoms. The number of hydrogen-bond acceptors (Lipinski definition) is 5. The molecule has 5 nitrogen and oxygen atoms in total. The highest BCUT2D eigenvalue weighted by Gasteiger charge is 2.20. The molecule has 0 aliphatic carbocycles. The molecular weight excluding hydrogens is 228 g/mol. The average molecular weight is 244 g/mol. The Morgan fingerprint density at radius 1 is 1.33 bits per heavy atom. The molecule has 2 heterocycles. The van der Waals surface area contributed by atoms with Gasteiger partial charge in [0.05, 0.1) is 11.6 Å². The van der Waals surface area contributed by atoms with Gasteiger partial charge in [-0.1, -0.05) is 0 Å². The first-order chi connectivity index (χ1) is 8.74. The summed E-state index contributed by atoms with van der Waals surface area (Å²) in [4.78, 5) is 10.7. The van der Waals surface area contributed by atoms with Gasteiger partial charge in [0.2, 0.25) is 0 Å². The van der Waals surface area contributed by atoms with E-state index in [9.17, 15) is 5.11 Å². The number of aliphatic hydroxyl groups is 1. The number of rotatable bonds is 1. The maximum atomic E-state index is 9.75. The molecule has 3 rings (SSSR count). The fourth-order valence-corrected chi connectivity index (χ4v) is 2.46. The number of β-amino-alcohol motifs (C(OH)–C–C–N with tert-alkyl or cyclic N) is 1. The summed E-state index contributed by atoms with van der Waals surface area (Å²) >= 11 is 0. The molecule has 1 atom stereocenters. The van der Waals surface area contributed by atoms with Crippen LogP contribution in [0.5, 0.6) is 0 Å². The summed E-state index contributed by atoms with van der Waals surface area (Å²) in [6.07, 6.45) is 3.14. The number of nitrogens with two attached hydrogens (primary N) is 1. The van der Waals surface area contributed by atoms with Crippen molar-refractivity contribution in [2.24, 2.45) is 0 Å². The molecule has 0 spiro atoms. The lowest BCUT2D eigenvalue weighted by atomic mass is 10.1. The van der Waals surface area contributed by atoms with E-state index in [2.05, 4.69) is 14.9 Å². The monoisotopic (exact) mass is 244 g/mol. The standard InChI is InChI=1S/C13H16N4O/c14-9-3-4-11-12(6-9)15-8-16-13(11)17-5-1-2-10(18)7-17/h3-4,6,8,10,18H,1-2,5,7,14H2. The van der Waals surface area contributed by atoms with Gasteiger partial charge in [-0.2, -0.15) is 0 Å². The topological polar surface area (TPSA) is 75.3 Å². The number of nitrogens with zero attached hydrogens (tertiary/aromatic N) is 3. The minimum absolute atomic E-state index is 0.266. The van der Waals surface area contributed by atoms with Crippen molar-refractivity contribution in [3.63, 3.8) is 0 Å². The summed E-state index contributed by atoms with van der Waals surface area (Å²) in [6.45, 7) is 1.56. The molecule has 1 aromatic heterocycles. The highest BCUT2D eigenvalue weighted by Crippen LogP contribution is 2.26. The van der Waals surface area contributed by atoms with Crippen LogP contribution in [0.15, 0.2) is 24.5 Å². The second-order valence-corrected chi connectivity index (χ2v) is 4.72. The van der Waals surface area contributed by atoms with E-state index in [1.54, 1.807) is 6.33 Å². The summed E-state index contributed by atoms with van der Waals surface area (Å²) in [5.74, 6) is 0.888. The molecule has 18 heavy (non-hydrogen) atoms. The van der Waals surface area contributed by atoms with Gasteiger partial charge in [0.1, 0.15) is 12.1 Å². The molecule has 94 valence electrons. The molecule has 1 saturated heterocycles. The van der Waals surface area contributed by atoms with Crippen molar-refractivity contribution in [3.8, 4) is 0 Å². The van der Waals surface area contributed by atoms with Crippen LogP contribution in [0.25, 0.3) is 10.9 Å². The summed E-state index contributed by atoms with van der Waals surface area (Å²) in [5, 5.41) is 10.7. The number of fused-ring (bicyclic) bond motifs is 1. The zero-order valence-corrected chi connectivity index (χ0v) is 10.1. The molecule has 0 saturated carbocycles. The minimum Gasteiger partial charge on any atom is -0.399 e. The van der Waals surface area contributed by atoms with Gasteiger partial charge in [-0.15, -0.1) is 0 Å². The van der Waals surface area contributed by atoms with E-state index in [0.717, 1.165) is 36.1 Å². The molecule has 5 heteroatoms. The minimum atomic E-state index is -0.266. The van der Waals surface area contributed by atoms with E-state index in [4.69, 9.17) is 5.73 Å². The van der Waals surface area contributed by atoms with Gasteiger partial charge in [0, 0.05) is 24.2 Å². The fourth-order valence-electron chi connectivity index (χ4n) is 2.46. The second kappa shape index (κ2) is 4.42. The van der Waals surface area contributed by atoms with E-state index in [0.29, 0.717) is 12.2 Å². The van der Waals surface area contributed by atoms with E-state index < -0.39 is 0 Å². The van der Waals surface area contributed by atoms with Crippen LogP contribution in [0.3, 0.4) is 0 Å². The highest BCUT2D eigenvalue weighted by molar-refractivity contribution is 5.91. The van der Waals surface area contributed by atoms with E-state index in [1.165, 1.54) is 0 Å². The van der Waals surface area contributed by atoms with Crippen LogP contribution in [0.2, 0.25) is 0 Å². The number of nitrogen functional groups attached to an aromatic ring is 1. The third kappa shape index (κ3) is 1.97. The smallest absolute Gasteiger partial charge is 0.139 e. The molecule has 1 aliphatic heterocycles. The largest absolute Gasteiger partial charge is 0.399 e. The summed E-state index contributed by atoms with van der Waals surface area (Å²) in [7, 11) is 0. The Morgan fingerprint density at radius 2 is 2.22 bits per heavy atom. The summed E-state index contributed by atoms with van der Waals surface area (Å²) in [6, 6.07) is 5.65. The molecule has 0 amide bonds. The number of piperidine rings is 1. The first kappa shape index (κ1) is 11.2. The lowest BCUT2D eigenvalue weighted by Gasteiger charge is -2.31. The van der Waals surface area contributed by atoms with Crippen LogP contribution in [0, 0.1) is 0 Å². The molecule has 1 aromatic carbocycles. The van der Waals surface area contributed by atoms with Crippen molar-refractivity contribution in [2.45, 2.75) is 18.9 Å². The average Bonchev–Trinajstić information content (AvgIpc) is 2.37. The maximum Gasteiger partial charge on any atom is 0.139 e. The van der Waals surface area contributed by atoms with Crippen molar-refractivity contribution >= 4 is 22.4 Å². The molecule has 3 N–H and O–H groups in total. The quantitative estimate of drug-likeness (QED) is 0.737. The lowest BCUT2D eigenvalue weighted by Crippen LogP contribution is -2.38. The summed E-state index contributed by atoms with van der Waals surface area (Å²) < 4.78 is 0. The molecular formula is C13H16N4O. The Balaban J connectivity index is 2.05. The van der Waals surface area contributed by atoms with Crippen LogP contribution < -0.4 is 10.6 Å². The highest BCUT2D eigenvalue weighted by atomic mass is 16.3. The van der Waals surface area contributed by atoms with Crippen molar-refractivity contribution in [1.82, 2.24) is 9.97 Å². The Morgan fingerprint density at radius 3 is 3.06 bits per heavy atom. The van der Waals surface area contributed by atoms with E-state index in [-0.39, 0.29) is 6.10 Å². The zero-order valence-electron chi connectivity index (χ0n) is 10.1. The Bertz CT molecular complexity index is 572. The van der Waals surface area contributed by atoms with Gasteiger partial charge in [-0.05, 0) is 31.0 Å².